The molecule has 0 spiro atoms. The predicted octanol–water partition coefficient (Wildman–Crippen LogP) is 1.44. The van der Waals surface area contributed by atoms with Gasteiger partial charge in [0.15, 0.2) is 5.41 Å². The van der Waals surface area contributed by atoms with Crippen molar-refractivity contribution in [3.05, 3.63) is 24.3 Å². The number of carbonyl (C=O) groups is 3. The van der Waals surface area contributed by atoms with Crippen molar-refractivity contribution < 1.29 is 23.9 Å². The van der Waals surface area contributed by atoms with Crippen molar-refractivity contribution in [2.24, 2.45) is 0 Å². The molecular formula is C16H21N3O5. The van der Waals surface area contributed by atoms with Crippen molar-refractivity contribution in [2.45, 2.75) is 45.1 Å². The first kappa shape index (κ1) is 17.8. The van der Waals surface area contributed by atoms with Gasteiger partial charge in [-0.2, -0.15) is 0 Å². The first-order valence-electron chi connectivity index (χ1n) is 7.71. The minimum atomic E-state index is -1.64. The summed E-state index contributed by atoms with van der Waals surface area (Å²) in [7, 11) is 0. The molecule has 1 fully saturated rings. The van der Waals surface area contributed by atoms with Crippen LogP contribution < -0.4 is 0 Å². The number of hydrogen-bond acceptors (Lipinski definition) is 7. The van der Waals surface area contributed by atoms with Crippen LogP contribution in [0.1, 0.15) is 39.8 Å². The normalized spacial score (nSPS) is 20.8. The highest BCUT2D eigenvalue weighted by atomic mass is 16.6. The van der Waals surface area contributed by atoms with Crippen molar-refractivity contribution in [3.8, 4) is 0 Å². The predicted molar refractivity (Wildman–Crippen MR) is 82.9 cm³/mol. The Balaban J connectivity index is 2.38. The van der Waals surface area contributed by atoms with Crippen LogP contribution in [0.3, 0.4) is 0 Å². The lowest BCUT2D eigenvalue weighted by molar-refractivity contribution is -0.155. The Labute approximate surface area is 140 Å². The number of ether oxygens (including phenoxy) is 2. The summed E-state index contributed by atoms with van der Waals surface area (Å²) in [5.41, 5.74) is -2.18. The number of imide groups is 1. The van der Waals surface area contributed by atoms with Crippen molar-refractivity contribution in [3.63, 3.8) is 0 Å². The topological polar surface area (TPSA) is 98.7 Å². The number of carbonyl (C=O) groups excluding carboxylic acids is 3. The van der Waals surface area contributed by atoms with Crippen molar-refractivity contribution >= 4 is 18.0 Å². The Morgan fingerprint density at radius 2 is 2.08 bits per heavy atom. The number of aromatic nitrogens is 2. The van der Waals surface area contributed by atoms with Gasteiger partial charge in [0, 0.05) is 12.7 Å². The molecule has 0 bridgehead atoms. The molecule has 0 radical (unpaired) electrons. The molecular weight excluding hydrogens is 314 g/mol. The van der Waals surface area contributed by atoms with E-state index in [4.69, 9.17) is 9.47 Å². The molecule has 2 heterocycles. The Bertz CT molecular complexity index is 641. The van der Waals surface area contributed by atoms with Crippen LogP contribution in [0.5, 0.6) is 0 Å². The molecule has 1 aliphatic heterocycles. The van der Waals surface area contributed by atoms with Crippen LogP contribution in [-0.2, 0) is 24.5 Å². The SMILES string of the molecule is CCOC(=O)[C@@]1(c2ccncn2)CCN(C(=O)OC(C)(C)C)C1=O. The molecule has 8 heteroatoms. The zero-order valence-electron chi connectivity index (χ0n) is 14.2. The number of amides is 2. The number of rotatable bonds is 3. The van der Waals surface area contributed by atoms with Crippen LogP contribution in [-0.4, -0.2) is 51.6 Å². The average Bonchev–Trinajstić information content (AvgIpc) is 2.85. The zero-order chi connectivity index (χ0) is 18.0. The smallest absolute Gasteiger partial charge is 0.417 e. The molecule has 2 rings (SSSR count). The molecule has 1 saturated heterocycles. The second-order valence-electron chi connectivity index (χ2n) is 6.41. The molecule has 0 saturated carbocycles. The fraction of sp³-hybridized carbons (Fsp3) is 0.562. The van der Waals surface area contributed by atoms with Crippen LogP contribution in [0.15, 0.2) is 18.6 Å². The standard InChI is InChI=1S/C16H21N3O5/c1-5-23-13(21)16(11-6-8-17-10-18-11)7-9-19(12(16)20)14(22)24-15(2,3)4/h6,8,10H,5,7,9H2,1-4H3/t16-/m1/s1. The molecule has 0 N–H and O–H groups in total. The van der Waals surface area contributed by atoms with E-state index in [1.54, 1.807) is 27.7 Å². The lowest BCUT2D eigenvalue weighted by atomic mass is 9.82. The highest BCUT2D eigenvalue weighted by Crippen LogP contribution is 2.36. The number of esters is 1. The summed E-state index contributed by atoms with van der Waals surface area (Å²) in [4.78, 5) is 46.5. The van der Waals surface area contributed by atoms with Crippen LogP contribution in [0.25, 0.3) is 0 Å². The average molecular weight is 335 g/mol. The van der Waals surface area contributed by atoms with E-state index in [-0.39, 0.29) is 25.3 Å². The monoisotopic (exact) mass is 335 g/mol. The molecule has 2 amide bonds. The second-order valence-corrected chi connectivity index (χ2v) is 6.41. The summed E-state index contributed by atoms with van der Waals surface area (Å²) < 4.78 is 10.3. The van der Waals surface area contributed by atoms with Gasteiger partial charge in [0.25, 0.3) is 5.91 Å². The minimum Gasteiger partial charge on any atom is -0.465 e. The Morgan fingerprint density at radius 3 is 2.62 bits per heavy atom. The van der Waals surface area contributed by atoms with Crippen LogP contribution >= 0.6 is 0 Å². The molecule has 1 aromatic heterocycles. The van der Waals surface area contributed by atoms with Gasteiger partial charge in [-0.1, -0.05) is 0 Å². The summed E-state index contributed by atoms with van der Waals surface area (Å²) in [5, 5.41) is 0. The van der Waals surface area contributed by atoms with Crippen molar-refractivity contribution in [2.75, 3.05) is 13.2 Å². The lowest BCUT2D eigenvalue weighted by Crippen LogP contribution is -2.48. The summed E-state index contributed by atoms with van der Waals surface area (Å²) in [6, 6.07) is 1.48. The Kier molecular flexibility index (Phi) is 4.86. The summed E-state index contributed by atoms with van der Waals surface area (Å²) in [6.45, 7) is 6.93. The molecule has 0 unspecified atom stereocenters. The third kappa shape index (κ3) is 3.22. The lowest BCUT2D eigenvalue weighted by Gasteiger charge is -2.26. The van der Waals surface area contributed by atoms with Gasteiger partial charge in [0.1, 0.15) is 11.9 Å². The molecule has 130 valence electrons. The zero-order valence-corrected chi connectivity index (χ0v) is 14.2. The third-order valence-electron chi connectivity index (χ3n) is 3.58. The van der Waals surface area contributed by atoms with Gasteiger partial charge < -0.3 is 9.47 Å². The van der Waals surface area contributed by atoms with Gasteiger partial charge in [-0.3, -0.25) is 9.59 Å². The van der Waals surface area contributed by atoms with E-state index in [0.29, 0.717) is 0 Å². The van der Waals surface area contributed by atoms with Gasteiger partial charge in [-0.15, -0.1) is 0 Å². The molecule has 24 heavy (non-hydrogen) atoms. The molecule has 1 atom stereocenters. The minimum absolute atomic E-state index is 0.0521. The number of likely N-dealkylation sites (tertiary alicyclic amines) is 1. The van der Waals surface area contributed by atoms with Gasteiger partial charge in [0.2, 0.25) is 0 Å². The van der Waals surface area contributed by atoms with E-state index < -0.39 is 29.0 Å². The maximum absolute atomic E-state index is 12.9. The first-order chi connectivity index (χ1) is 11.2. The van der Waals surface area contributed by atoms with E-state index >= 15 is 0 Å². The van der Waals surface area contributed by atoms with Gasteiger partial charge >= 0.3 is 12.1 Å². The van der Waals surface area contributed by atoms with E-state index in [0.717, 1.165) is 4.90 Å². The Hall–Kier alpha value is -2.51. The highest BCUT2D eigenvalue weighted by molar-refractivity contribution is 6.13. The van der Waals surface area contributed by atoms with Crippen LogP contribution in [0, 0.1) is 0 Å². The first-order valence-corrected chi connectivity index (χ1v) is 7.71. The summed E-state index contributed by atoms with van der Waals surface area (Å²) >= 11 is 0. The summed E-state index contributed by atoms with van der Waals surface area (Å²) in [6.07, 6.45) is 1.99. The number of hydrogen-bond donors (Lipinski definition) is 0. The quantitative estimate of drug-likeness (QED) is 0.609. The van der Waals surface area contributed by atoms with Crippen LogP contribution in [0.2, 0.25) is 0 Å². The summed E-state index contributed by atoms with van der Waals surface area (Å²) in [5.74, 6) is -1.41. The van der Waals surface area contributed by atoms with E-state index in [1.807, 2.05) is 0 Å². The fourth-order valence-electron chi connectivity index (χ4n) is 2.54. The molecule has 8 nitrogen and oxygen atoms in total. The van der Waals surface area contributed by atoms with Crippen molar-refractivity contribution in [1.29, 1.82) is 0 Å². The van der Waals surface area contributed by atoms with E-state index in [9.17, 15) is 14.4 Å². The molecule has 1 aromatic rings. The molecule has 0 aliphatic carbocycles. The largest absolute Gasteiger partial charge is 0.465 e. The van der Waals surface area contributed by atoms with Gasteiger partial charge in [-0.05, 0) is 40.2 Å². The maximum atomic E-state index is 12.9. The molecule has 1 aliphatic rings. The molecule has 0 aromatic carbocycles. The van der Waals surface area contributed by atoms with E-state index in [2.05, 4.69) is 9.97 Å². The second kappa shape index (κ2) is 6.54. The maximum Gasteiger partial charge on any atom is 0.417 e. The van der Waals surface area contributed by atoms with Crippen LogP contribution in [0.4, 0.5) is 4.79 Å². The van der Waals surface area contributed by atoms with Gasteiger partial charge in [0.05, 0.1) is 12.3 Å². The Morgan fingerprint density at radius 1 is 1.38 bits per heavy atom. The van der Waals surface area contributed by atoms with E-state index in [1.165, 1.54) is 18.6 Å². The fourth-order valence-corrected chi connectivity index (χ4v) is 2.54. The third-order valence-corrected chi connectivity index (χ3v) is 3.58. The van der Waals surface area contributed by atoms with Gasteiger partial charge in [-0.25, -0.2) is 19.7 Å². The number of nitrogens with zero attached hydrogens (tertiary/aromatic N) is 3. The highest BCUT2D eigenvalue weighted by Gasteiger charge is 2.58. The van der Waals surface area contributed by atoms with Crippen molar-refractivity contribution in [1.82, 2.24) is 14.9 Å².